The summed E-state index contributed by atoms with van der Waals surface area (Å²) in [4.78, 5) is 18.7. The number of nitrogens with zero attached hydrogens (tertiary/aromatic N) is 2. The number of hydrogen-bond donors (Lipinski definition) is 0. The van der Waals surface area contributed by atoms with Crippen LogP contribution in [0.15, 0.2) is 54.7 Å². The molecule has 0 N–H and O–H groups in total. The predicted octanol–water partition coefficient (Wildman–Crippen LogP) is 5.41. The number of amides is 1. The van der Waals surface area contributed by atoms with Crippen LogP contribution in [0.5, 0.6) is 5.75 Å². The summed E-state index contributed by atoms with van der Waals surface area (Å²) >= 11 is 0. The van der Waals surface area contributed by atoms with Gasteiger partial charge in [-0.1, -0.05) is 24.3 Å². The lowest BCUT2D eigenvalue weighted by Crippen LogP contribution is -2.42. The summed E-state index contributed by atoms with van der Waals surface area (Å²) in [6.07, 6.45) is 6.00. The zero-order valence-electron chi connectivity index (χ0n) is 17.2. The van der Waals surface area contributed by atoms with Gasteiger partial charge in [0.05, 0.1) is 5.52 Å². The first-order valence-corrected chi connectivity index (χ1v) is 10.6. The quantitative estimate of drug-likeness (QED) is 0.564. The highest BCUT2D eigenvalue weighted by Crippen LogP contribution is 2.33. The molecule has 1 amide bonds. The Kier molecular flexibility index (Phi) is 5.96. The molecule has 1 saturated carbocycles. The van der Waals surface area contributed by atoms with Gasteiger partial charge in [0.2, 0.25) is 5.91 Å². The molecule has 1 aromatic heterocycles. The molecule has 1 aliphatic carbocycles. The van der Waals surface area contributed by atoms with Crippen molar-refractivity contribution < 1.29 is 9.53 Å². The van der Waals surface area contributed by atoms with Crippen LogP contribution in [0.25, 0.3) is 22.0 Å². The maximum atomic E-state index is 12.2. The second-order valence-electron chi connectivity index (χ2n) is 8.32. The molecule has 5 rings (SSSR count). The number of carbonyl (C=O) groups is 1. The van der Waals surface area contributed by atoms with Crippen molar-refractivity contribution in [3.8, 4) is 16.9 Å². The van der Waals surface area contributed by atoms with Crippen molar-refractivity contribution in [2.45, 2.75) is 38.7 Å². The number of halogens is 1. The van der Waals surface area contributed by atoms with Gasteiger partial charge in [0.25, 0.3) is 0 Å². The van der Waals surface area contributed by atoms with Gasteiger partial charge in [0.15, 0.2) is 0 Å². The van der Waals surface area contributed by atoms with Crippen molar-refractivity contribution in [3.05, 3.63) is 60.3 Å². The minimum atomic E-state index is 0. The molecule has 0 spiro atoms. The average Bonchev–Trinajstić information content (AvgIpc) is 3.59. The molecule has 1 saturated heterocycles. The van der Waals surface area contributed by atoms with Gasteiger partial charge in [-0.2, -0.15) is 0 Å². The molecule has 2 heterocycles. The maximum Gasteiger partial charge on any atom is 0.225 e. The zero-order valence-corrected chi connectivity index (χ0v) is 18.0. The molecular formula is C25H27ClN2O2. The Labute approximate surface area is 183 Å². The number of likely N-dealkylation sites (tertiary alicyclic amines) is 1. The van der Waals surface area contributed by atoms with Crippen molar-refractivity contribution >= 4 is 29.2 Å². The van der Waals surface area contributed by atoms with Gasteiger partial charge < -0.3 is 9.64 Å². The van der Waals surface area contributed by atoms with Crippen molar-refractivity contribution in [2.24, 2.45) is 5.92 Å². The van der Waals surface area contributed by atoms with Gasteiger partial charge in [-0.25, -0.2) is 0 Å². The van der Waals surface area contributed by atoms with Gasteiger partial charge in [-0.15, -0.1) is 12.4 Å². The zero-order chi connectivity index (χ0) is 19.8. The topological polar surface area (TPSA) is 42.4 Å². The molecule has 3 aromatic rings. The fourth-order valence-corrected chi connectivity index (χ4v) is 4.25. The van der Waals surface area contributed by atoms with Crippen LogP contribution in [0.4, 0.5) is 0 Å². The fraction of sp³-hybridized carbons (Fsp3) is 0.360. The van der Waals surface area contributed by atoms with Crippen molar-refractivity contribution in [3.63, 3.8) is 0 Å². The third-order valence-corrected chi connectivity index (χ3v) is 6.01. The van der Waals surface area contributed by atoms with Crippen LogP contribution in [0, 0.1) is 12.8 Å². The number of fused-ring (bicyclic) bond motifs is 1. The Morgan fingerprint density at radius 2 is 1.77 bits per heavy atom. The van der Waals surface area contributed by atoms with E-state index in [2.05, 4.69) is 54.4 Å². The molecule has 156 valence electrons. The van der Waals surface area contributed by atoms with Crippen LogP contribution < -0.4 is 4.74 Å². The third kappa shape index (κ3) is 4.29. The third-order valence-electron chi connectivity index (χ3n) is 6.01. The highest BCUT2D eigenvalue weighted by molar-refractivity contribution is 5.95. The molecule has 2 fully saturated rings. The summed E-state index contributed by atoms with van der Waals surface area (Å²) in [6.45, 7) is 3.75. The van der Waals surface area contributed by atoms with E-state index in [1.54, 1.807) is 0 Å². The number of pyridine rings is 1. The Balaban J connectivity index is 0.00000218. The second kappa shape index (κ2) is 8.65. The fourth-order valence-electron chi connectivity index (χ4n) is 4.25. The molecule has 2 aliphatic rings. The molecule has 2 aromatic carbocycles. The highest BCUT2D eigenvalue weighted by atomic mass is 35.5. The van der Waals surface area contributed by atoms with E-state index in [-0.39, 0.29) is 18.5 Å². The molecule has 30 heavy (non-hydrogen) atoms. The normalized spacial score (nSPS) is 16.9. The Hall–Kier alpha value is -2.59. The van der Waals surface area contributed by atoms with Crippen molar-refractivity contribution in [1.29, 1.82) is 0 Å². The summed E-state index contributed by atoms with van der Waals surface area (Å²) < 4.78 is 6.21. The van der Waals surface area contributed by atoms with Gasteiger partial charge in [0, 0.05) is 43.4 Å². The average molecular weight is 423 g/mol. The predicted molar refractivity (Wildman–Crippen MR) is 122 cm³/mol. The molecule has 0 atom stereocenters. The number of carbonyl (C=O) groups excluding carboxylic acids is 1. The smallest absolute Gasteiger partial charge is 0.225 e. The van der Waals surface area contributed by atoms with Crippen molar-refractivity contribution in [2.75, 3.05) is 13.1 Å². The summed E-state index contributed by atoms with van der Waals surface area (Å²) in [7, 11) is 0. The molecule has 0 bridgehead atoms. The van der Waals surface area contributed by atoms with E-state index in [0.717, 1.165) is 50.0 Å². The number of aryl methyl sites for hydroxylation is 1. The maximum absolute atomic E-state index is 12.2. The highest BCUT2D eigenvalue weighted by Gasteiger charge is 2.35. The van der Waals surface area contributed by atoms with E-state index in [0.29, 0.717) is 11.8 Å². The Morgan fingerprint density at radius 1 is 1.03 bits per heavy atom. The van der Waals surface area contributed by atoms with Gasteiger partial charge in [-0.05, 0) is 60.7 Å². The molecule has 5 heteroatoms. The summed E-state index contributed by atoms with van der Waals surface area (Å²) in [5, 5.41) is 1.17. The van der Waals surface area contributed by atoms with Crippen LogP contribution in [0.2, 0.25) is 0 Å². The second-order valence-corrected chi connectivity index (χ2v) is 8.32. The first-order valence-electron chi connectivity index (χ1n) is 10.6. The van der Waals surface area contributed by atoms with E-state index in [1.807, 2.05) is 17.2 Å². The van der Waals surface area contributed by atoms with Crippen LogP contribution in [0.3, 0.4) is 0 Å². The van der Waals surface area contributed by atoms with E-state index in [1.165, 1.54) is 22.1 Å². The van der Waals surface area contributed by atoms with Crippen LogP contribution in [-0.2, 0) is 4.79 Å². The van der Waals surface area contributed by atoms with Crippen molar-refractivity contribution in [1.82, 2.24) is 9.88 Å². The lowest BCUT2D eigenvalue weighted by Gasteiger charge is -2.32. The molecule has 0 radical (unpaired) electrons. The molecule has 4 nitrogen and oxygen atoms in total. The summed E-state index contributed by atoms with van der Waals surface area (Å²) in [5.74, 6) is 1.57. The standard InChI is InChI=1S/C25H26N2O2.ClH/c1-17-15-23(22-3-2-12-26-24(22)16-17)18-6-8-20(9-7-18)29-21-10-13-27(14-11-21)25(28)19-4-5-19;/h2-3,6-9,12,15-16,19,21H,4-5,10-11,13-14H2,1H3;1H. The number of hydrogen-bond acceptors (Lipinski definition) is 3. The summed E-state index contributed by atoms with van der Waals surface area (Å²) in [6, 6.07) is 16.8. The number of ether oxygens (including phenoxy) is 1. The van der Waals surface area contributed by atoms with Gasteiger partial charge >= 0.3 is 0 Å². The number of piperidine rings is 1. The van der Waals surface area contributed by atoms with E-state index in [9.17, 15) is 4.79 Å². The minimum absolute atomic E-state index is 0. The first kappa shape index (κ1) is 20.7. The number of aromatic nitrogens is 1. The summed E-state index contributed by atoms with van der Waals surface area (Å²) in [5.41, 5.74) is 4.60. The Morgan fingerprint density at radius 3 is 2.47 bits per heavy atom. The van der Waals surface area contributed by atoms with E-state index < -0.39 is 0 Å². The monoisotopic (exact) mass is 422 g/mol. The first-order chi connectivity index (χ1) is 14.2. The number of rotatable bonds is 4. The van der Waals surface area contributed by atoms with Crippen LogP contribution in [0.1, 0.15) is 31.2 Å². The molecule has 1 aliphatic heterocycles. The molecular weight excluding hydrogens is 396 g/mol. The van der Waals surface area contributed by atoms with Gasteiger partial charge in [0.1, 0.15) is 11.9 Å². The van der Waals surface area contributed by atoms with Gasteiger partial charge in [-0.3, -0.25) is 9.78 Å². The lowest BCUT2D eigenvalue weighted by atomic mass is 9.98. The Bertz CT molecular complexity index is 1040. The largest absolute Gasteiger partial charge is 0.490 e. The number of benzene rings is 2. The SMILES string of the molecule is Cc1cc(-c2ccc(OC3CCN(C(=O)C4CC4)CC3)cc2)c2cccnc2c1.Cl. The van der Waals surface area contributed by atoms with E-state index >= 15 is 0 Å². The van der Waals surface area contributed by atoms with Crippen LogP contribution in [-0.4, -0.2) is 35.0 Å². The lowest BCUT2D eigenvalue weighted by molar-refractivity contribution is -0.134. The molecule has 0 unspecified atom stereocenters. The van der Waals surface area contributed by atoms with E-state index in [4.69, 9.17) is 4.74 Å². The van der Waals surface area contributed by atoms with Crippen LogP contribution >= 0.6 is 12.4 Å². The minimum Gasteiger partial charge on any atom is -0.490 e.